The van der Waals surface area contributed by atoms with Crippen molar-refractivity contribution in [1.82, 2.24) is 14.5 Å². The number of hydrogen-bond acceptors (Lipinski definition) is 2. The topological polar surface area (TPSA) is 30.7 Å². The molecule has 2 aromatic rings. The number of pyridine rings is 1. The average molecular weight is 331 g/mol. The maximum absolute atomic E-state index is 5.98. The van der Waals surface area contributed by atoms with E-state index in [4.69, 9.17) is 11.6 Å². The Kier molecular flexibility index (Phi) is 4.28. The number of imidazole rings is 1. The van der Waals surface area contributed by atoms with Crippen LogP contribution in [-0.2, 0) is 12.4 Å². The van der Waals surface area contributed by atoms with Gasteiger partial charge in [-0.15, -0.1) is 11.6 Å². The van der Waals surface area contributed by atoms with Crippen molar-refractivity contribution in [2.45, 2.75) is 33.2 Å². The normalized spacial score (nSPS) is 13.4. The quantitative estimate of drug-likeness (QED) is 0.786. The molecule has 2 heterocycles. The first-order chi connectivity index (χ1) is 8.52. The zero-order valence-electron chi connectivity index (χ0n) is 10.8. The molecule has 98 valence electrons. The Morgan fingerprint density at radius 3 is 2.72 bits per heavy atom. The molecule has 5 heteroatoms. The van der Waals surface area contributed by atoms with E-state index in [0.29, 0.717) is 17.7 Å². The molecular weight excluding hydrogens is 314 g/mol. The van der Waals surface area contributed by atoms with Crippen molar-refractivity contribution in [3.05, 3.63) is 22.6 Å². The lowest BCUT2D eigenvalue weighted by Gasteiger charge is -2.17. The number of hydrogen-bond donors (Lipinski definition) is 0. The van der Waals surface area contributed by atoms with Crippen LogP contribution in [0.1, 0.15) is 26.6 Å². The second kappa shape index (κ2) is 5.57. The van der Waals surface area contributed by atoms with E-state index in [1.165, 1.54) is 0 Å². The van der Waals surface area contributed by atoms with Crippen molar-refractivity contribution in [3.63, 3.8) is 0 Å². The lowest BCUT2D eigenvalue weighted by Crippen LogP contribution is -2.15. The molecule has 0 spiro atoms. The third kappa shape index (κ3) is 2.69. The van der Waals surface area contributed by atoms with Crippen LogP contribution in [0.4, 0.5) is 0 Å². The summed E-state index contributed by atoms with van der Waals surface area (Å²) in [6, 6.07) is 1.98. The smallest absolute Gasteiger partial charge is 0.160 e. The first-order valence-corrected chi connectivity index (χ1v) is 7.42. The zero-order chi connectivity index (χ0) is 13.3. The van der Waals surface area contributed by atoms with Gasteiger partial charge in [-0.25, -0.2) is 9.97 Å². The number of alkyl halides is 1. The molecule has 0 aromatic carbocycles. The van der Waals surface area contributed by atoms with Crippen LogP contribution in [0, 0.1) is 11.8 Å². The van der Waals surface area contributed by atoms with Crippen LogP contribution in [0.15, 0.2) is 16.7 Å². The van der Waals surface area contributed by atoms with E-state index in [9.17, 15) is 0 Å². The Hall–Kier alpha value is -0.610. The zero-order valence-corrected chi connectivity index (χ0v) is 13.2. The Labute approximate surface area is 121 Å². The van der Waals surface area contributed by atoms with Crippen molar-refractivity contribution < 1.29 is 0 Å². The molecule has 0 saturated carbocycles. The third-order valence-corrected chi connectivity index (χ3v) is 4.03. The number of aromatic nitrogens is 3. The minimum atomic E-state index is 0.415. The highest BCUT2D eigenvalue weighted by Gasteiger charge is 2.15. The van der Waals surface area contributed by atoms with E-state index < -0.39 is 0 Å². The predicted molar refractivity (Wildman–Crippen MR) is 78.8 cm³/mol. The Balaban J connectivity index is 2.47. The molecule has 2 aromatic heterocycles. The van der Waals surface area contributed by atoms with Crippen LogP contribution in [0.25, 0.3) is 11.2 Å². The summed E-state index contributed by atoms with van der Waals surface area (Å²) in [5.41, 5.74) is 1.82. The molecule has 0 aliphatic carbocycles. The first-order valence-electron chi connectivity index (χ1n) is 6.09. The molecule has 0 saturated heterocycles. The van der Waals surface area contributed by atoms with Crippen LogP contribution in [0.5, 0.6) is 0 Å². The molecule has 0 bridgehead atoms. The summed E-state index contributed by atoms with van der Waals surface area (Å²) in [6.45, 7) is 7.61. The van der Waals surface area contributed by atoms with E-state index in [0.717, 1.165) is 28.0 Å². The maximum atomic E-state index is 5.98. The largest absolute Gasteiger partial charge is 0.311 e. The van der Waals surface area contributed by atoms with E-state index in [-0.39, 0.29) is 0 Å². The first kappa shape index (κ1) is 13.8. The standard InChI is InChI=1S/C13H17BrClN3/c1-8(2)9(3)7-18-12(5-15)17-11-4-10(14)6-16-13(11)18/h4,6,8-9H,5,7H2,1-3H3. The van der Waals surface area contributed by atoms with E-state index >= 15 is 0 Å². The summed E-state index contributed by atoms with van der Waals surface area (Å²) in [4.78, 5) is 9.00. The highest BCUT2D eigenvalue weighted by atomic mass is 79.9. The highest BCUT2D eigenvalue weighted by molar-refractivity contribution is 9.10. The Morgan fingerprint density at radius 1 is 1.39 bits per heavy atom. The van der Waals surface area contributed by atoms with Gasteiger partial charge in [0.05, 0.1) is 5.88 Å². The molecule has 0 aliphatic heterocycles. The number of fused-ring (bicyclic) bond motifs is 1. The SMILES string of the molecule is CC(C)C(C)Cn1c(CCl)nc2cc(Br)cnc21. The summed E-state index contributed by atoms with van der Waals surface area (Å²) in [5.74, 6) is 2.50. The lowest BCUT2D eigenvalue weighted by atomic mass is 9.98. The van der Waals surface area contributed by atoms with Crippen molar-refractivity contribution in [3.8, 4) is 0 Å². The fourth-order valence-corrected chi connectivity index (χ4v) is 2.35. The van der Waals surface area contributed by atoms with Gasteiger partial charge < -0.3 is 4.57 Å². The van der Waals surface area contributed by atoms with Gasteiger partial charge in [0, 0.05) is 17.2 Å². The summed E-state index contributed by atoms with van der Waals surface area (Å²) < 4.78 is 3.08. The molecular formula is C13H17BrClN3. The fraction of sp³-hybridized carbons (Fsp3) is 0.538. The van der Waals surface area contributed by atoms with Crippen molar-refractivity contribution >= 4 is 38.7 Å². The van der Waals surface area contributed by atoms with Crippen LogP contribution in [0.3, 0.4) is 0 Å². The second-order valence-corrected chi connectivity index (χ2v) is 6.17. The van der Waals surface area contributed by atoms with Crippen LogP contribution in [0.2, 0.25) is 0 Å². The molecule has 1 atom stereocenters. The summed E-state index contributed by atoms with van der Waals surface area (Å²) in [6.07, 6.45) is 1.80. The lowest BCUT2D eigenvalue weighted by molar-refractivity contribution is 0.365. The van der Waals surface area contributed by atoms with E-state index in [1.807, 2.05) is 6.07 Å². The van der Waals surface area contributed by atoms with Gasteiger partial charge in [0.25, 0.3) is 0 Å². The van der Waals surface area contributed by atoms with Crippen LogP contribution >= 0.6 is 27.5 Å². The Bertz CT molecular complexity index is 550. The molecule has 0 N–H and O–H groups in total. The predicted octanol–water partition coefficient (Wildman–Crippen LogP) is 4.22. The van der Waals surface area contributed by atoms with Crippen LogP contribution < -0.4 is 0 Å². The number of halogens is 2. The minimum Gasteiger partial charge on any atom is -0.311 e. The van der Waals surface area contributed by atoms with Crippen molar-refractivity contribution in [1.29, 1.82) is 0 Å². The van der Waals surface area contributed by atoms with Crippen molar-refractivity contribution in [2.24, 2.45) is 11.8 Å². The molecule has 2 rings (SSSR count). The van der Waals surface area contributed by atoms with Gasteiger partial charge in [0.2, 0.25) is 0 Å². The summed E-state index contributed by atoms with van der Waals surface area (Å²) >= 11 is 9.40. The van der Waals surface area contributed by atoms with Crippen molar-refractivity contribution in [2.75, 3.05) is 0 Å². The van der Waals surface area contributed by atoms with Gasteiger partial charge in [0.1, 0.15) is 11.3 Å². The summed E-state index contributed by atoms with van der Waals surface area (Å²) in [5, 5.41) is 0. The van der Waals surface area contributed by atoms with Gasteiger partial charge in [0.15, 0.2) is 5.65 Å². The maximum Gasteiger partial charge on any atom is 0.160 e. The van der Waals surface area contributed by atoms with Gasteiger partial charge in [-0.2, -0.15) is 0 Å². The number of rotatable bonds is 4. The van der Waals surface area contributed by atoms with Gasteiger partial charge >= 0.3 is 0 Å². The molecule has 0 fully saturated rings. The fourth-order valence-electron chi connectivity index (χ4n) is 1.83. The molecule has 0 amide bonds. The molecule has 0 aliphatic rings. The van der Waals surface area contributed by atoms with Crippen LogP contribution in [-0.4, -0.2) is 14.5 Å². The van der Waals surface area contributed by atoms with E-state index in [2.05, 4.69) is 51.2 Å². The molecule has 18 heavy (non-hydrogen) atoms. The van der Waals surface area contributed by atoms with Gasteiger partial charge in [-0.3, -0.25) is 0 Å². The average Bonchev–Trinajstić information content (AvgIpc) is 2.66. The Morgan fingerprint density at radius 2 is 2.11 bits per heavy atom. The highest BCUT2D eigenvalue weighted by Crippen LogP contribution is 2.22. The van der Waals surface area contributed by atoms with Gasteiger partial charge in [-0.1, -0.05) is 20.8 Å². The molecule has 0 radical (unpaired) electrons. The summed E-state index contributed by atoms with van der Waals surface area (Å²) in [7, 11) is 0. The third-order valence-electron chi connectivity index (χ3n) is 3.36. The number of nitrogens with zero attached hydrogens (tertiary/aromatic N) is 3. The van der Waals surface area contributed by atoms with E-state index in [1.54, 1.807) is 6.20 Å². The molecule has 3 nitrogen and oxygen atoms in total. The minimum absolute atomic E-state index is 0.415. The monoisotopic (exact) mass is 329 g/mol. The van der Waals surface area contributed by atoms with Gasteiger partial charge in [-0.05, 0) is 33.8 Å². The molecule has 1 unspecified atom stereocenters. The second-order valence-electron chi connectivity index (χ2n) is 4.99.